The second kappa shape index (κ2) is 6.60. The third kappa shape index (κ3) is 4.47. The van der Waals surface area contributed by atoms with E-state index in [1.807, 2.05) is 0 Å². The summed E-state index contributed by atoms with van der Waals surface area (Å²) >= 11 is 0. The van der Waals surface area contributed by atoms with Crippen LogP contribution in [0.4, 0.5) is 0 Å². The fraction of sp³-hybridized carbons (Fsp3) is 0.917. The molecule has 19 heavy (non-hydrogen) atoms. The minimum atomic E-state index is -2.90. The number of hydrogen-bond donors (Lipinski definition) is 1. The summed E-state index contributed by atoms with van der Waals surface area (Å²) in [6.07, 6.45) is 6.54. The highest BCUT2D eigenvalue weighted by molar-refractivity contribution is 14.0. The highest BCUT2D eigenvalue weighted by atomic mass is 127. The van der Waals surface area contributed by atoms with Crippen molar-refractivity contribution in [1.29, 1.82) is 0 Å². The van der Waals surface area contributed by atoms with E-state index in [4.69, 9.17) is 0 Å². The largest absolute Gasteiger partial charge is 0.355 e. The first kappa shape index (κ1) is 17.0. The van der Waals surface area contributed by atoms with Gasteiger partial charge in [0, 0.05) is 32.9 Å². The van der Waals surface area contributed by atoms with Gasteiger partial charge < -0.3 is 10.2 Å². The maximum Gasteiger partial charge on any atom is 0.193 e. The van der Waals surface area contributed by atoms with E-state index in [1.54, 1.807) is 7.05 Å². The summed E-state index contributed by atoms with van der Waals surface area (Å²) in [4.78, 5) is 6.52. The van der Waals surface area contributed by atoms with Gasteiger partial charge in [-0.1, -0.05) is 6.42 Å². The second-order valence-electron chi connectivity index (χ2n) is 5.63. The van der Waals surface area contributed by atoms with Gasteiger partial charge in [0.15, 0.2) is 5.96 Å². The number of nitrogens with one attached hydrogen (secondary N) is 1. The highest BCUT2D eigenvalue weighted by Crippen LogP contribution is 2.47. The van der Waals surface area contributed by atoms with Gasteiger partial charge in [0.25, 0.3) is 0 Å². The van der Waals surface area contributed by atoms with E-state index < -0.39 is 9.84 Å². The molecule has 0 radical (unpaired) electrons. The third-order valence-corrected chi connectivity index (χ3v) is 5.07. The van der Waals surface area contributed by atoms with E-state index in [-0.39, 0.29) is 29.7 Å². The molecule has 0 aromatic heterocycles. The highest BCUT2D eigenvalue weighted by Gasteiger charge is 2.43. The Balaban J connectivity index is 0.00000180. The van der Waals surface area contributed by atoms with Gasteiger partial charge >= 0.3 is 0 Å². The predicted molar refractivity (Wildman–Crippen MR) is 89.0 cm³/mol. The lowest BCUT2D eigenvalue weighted by Crippen LogP contribution is -2.43. The molecule has 1 aliphatic heterocycles. The van der Waals surface area contributed by atoms with Crippen LogP contribution in [0.25, 0.3) is 0 Å². The molecule has 0 unspecified atom stereocenters. The molecule has 1 saturated carbocycles. The zero-order valence-corrected chi connectivity index (χ0v) is 14.8. The molecular formula is C12H24IN3O2S. The first-order valence-corrected chi connectivity index (χ1v) is 8.64. The Hall–Kier alpha value is -0.0500. The van der Waals surface area contributed by atoms with Gasteiger partial charge in [-0.3, -0.25) is 4.99 Å². The number of guanidine groups is 1. The molecule has 112 valence electrons. The quantitative estimate of drug-likeness (QED) is 0.437. The molecular weight excluding hydrogens is 377 g/mol. The molecule has 2 aliphatic rings. The number of sulfone groups is 1. The van der Waals surface area contributed by atoms with Gasteiger partial charge in [-0.15, -0.1) is 24.0 Å². The molecule has 1 N–H and O–H groups in total. The Morgan fingerprint density at radius 3 is 2.47 bits per heavy atom. The number of hydrogen-bond acceptors (Lipinski definition) is 3. The smallest absolute Gasteiger partial charge is 0.193 e. The minimum Gasteiger partial charge on any atom is -0.355 e. The van der Waals surface area contributed by atoms with Crippen LogP contribution in [0.5, 0.6) is 0 Å². The molecule has 0 bridgehead atoms. The van der Waals surface area contributed by atoms with Crippen molar-refractivity contribution in [3.63, 3.8) is 0 Å². The summed E-state index contributed by atoms with van der Waals surface area (Å²) in [5.74, 6) is 1.01. The molecule has 0 aromatic rings. The van der Waals surface area contributed by atoms with Crippen LogP contribution in [0.1, 0.15) is 25.7 Å². The van der Waals surface area contributed by atoms with Crippen LogP contribution in [0, 0.1) is 5.41 Å². The standard InChI is InChI=1S/C12H23N3O2S.HI/c1-13-11(14-7-9-18(2,16)17)15-8-6-12(10-15)4-3-5-12;/h3-10H2,1-2H3,(H,13,14);1H. The average Bonchev–Trinajstić information content (AvgIpc) is 2.67. The van der Waals surface area contributed by atoms with Gasteiger partial charge in [-0.05, 0) is 24.7 Å². The number of aliphatic imine (C=N–C) groups is 1. The van der Waals surface area contributed by atoms with E-state index in [2.05, 4.69) is 15.2 Å². The Labute approximate surface area is 133 Å². The minimum absolute atomic E-state index is 0. The maximum absolute atomic E-state index is 11.1. The van der Waals surface area contributed by atoms with Crippen molar-refractivity contribution >= 4 is 39.8 Å². The van der Waals surface area contributed by atoms with Crippen LogP contribution in [0.15, 0.2) is 4.99 Å². The molecule has 2 fully saturated rings. The summed E-state index contributed by atoms with van der Waals surface area (Å²) in [7, 11) is -1.15. The molecule has 1 aliphatic carbocycles. The van der Waals surface area contributed by atoms with Crippen molar-refractivity contribution in [2.45, 2.75) is 25.7 Å². The van der Waals surface area contributed by atoms with Crippen LogP contribution in [-0.2, 0) is 9.84 Å². The molecule has 5 nitrogen and oxygen atoms in total. The summed E-state index contributed by atoms with van der Waals surface area (Å²) in [6.45, 7) is 2.55. The van der Waals surface area contributed by atoms with Gasteiger partial charge in [-0.25, -0.2) is 8.42 Å². The van der Waals surface area contributed by atoms with E-state index in [0.29, 0.717) is 12.0 Å². The Morgan fingerprint density at radius 2 is 2.05 bits per heavy atom. The van der Waals surface area contributed by atoms with E-state index >= 15 is 0 Å². The van der Waals surface area contributed by atoms with Gasteiger partial charge in [0.1, 0.15) is 9.84 Å². The number of rotatable bonds is 3. The van der Waals surface area contributed by atoms with Crippen LogP contribution in [-0.4, -0.2) is 58.0 Å². The maximum atomic E-state index is 11.1. The fourth-order valence-corrected chi connectivity index (χ4v) is 3.35. The third-order valence-electron chi connectivity index (χ3n) is 4.12. The molecule has 1 spiro atoms. The van der Waals surface area contributed by atoms with E-state index in [9.17, 15) is 8.42 Å². The Morgan fingerprint density at radius 1 is 1.37 bits per heavy atom. The molecule has 0 aromatic carbocycles. The topological polar surface area (TPSA) is 61.8 Å². The lowest BCUT2D eigenvalue weighted by Gasteiger charge is -2.38. The molecule has 1 heterocycles. The van der Waals surface area contributed by atoms with Crippen molar-refractivity contribution in [1.82, 2.24) is 10.2 Å². The van der Waals surface area contributed by atoms with Gasteiger partial charge in [0.2, 0.25) is 0 Å². The van der Waals surface area contributed by atoms with Crippen LogP contribution in [0.3, 0.4) is 0 Å². The average molecular weight is 401 g/mol. The van der Waals surface area contributed by atoms with E-state index in [1.165, 1.54) is 31.9 Å². The normalized spacial score (nSPS) is 22.0. The van der Waals surface area contributed by atoms with Crippen LogP contribution < -0.4 is 5.32 Å². The SMILES string of the molecule is CN=C(NCCS(C)(=O)=O)N1CCC2(CCC2)C1.I. The molecule has 2 rings (SSSR count). The molecule has 7 heteroatoms. The fourth-order valence-electron chi connectivity index (χ4n) is 2.88. The van der Waals surface area contributed by atoms with Crippen LogP contribution >= 0.6 is 24.0 Å². The second-order valence-corrected chi connectivity index (χ2v) is 7.89. The summed E-state index contributed by atoms with van der Waals surface area (Å²) < 4.78 is 22.2. The van der Waals surface area contributed by atoms with Crippen LogP contribution in [0.2, 0.25) is 0 Å². The Bertz CT molecular complexity index is 432. The lowest BCUT2D eigenvalue weighted by atomic mass is 9.68. The Kier molecular flexibility index (Phi) is 5.91. The molecule has 0 amide bonds. The first-order valence-electron chi connectivity index (χ1n) is 6.57. The van der Waals surface area contributed by atoms with Crippen molar-refractivity contribution in [3.05, 3.63) is 0 Å². The zero-order chi connectivity index (χ0) is 13.2. The summed E-state index contributed by atoms with van der Waals surface area (Å²) in [6, 6.07) is 0. The first-order chi connectivity index (χ1) is 8.44. The summed E-state index contributed by atoms with van der Waals surface area (Å²) in [5.41, 5.74) is 0.536. The van der Waals surface area contributed by atoms with Crippen molar-refractivity contribution < 1.29 is 8.42 Å². The molecule has 1 saturated heterocycles. The summed E-state index contributed by atoms with van der Waals surface area (Å²) in [5, 5.41) is 3.15. The number of halogens is 1. The predicted octanol–water partition coefficient (Wildman–Crippen LogP) is 1.10. The zero-order valence-electron chi connectivity index (χ0n) is 11.7. The van der Waals surface area contributed by atoms with Crippen molar-refractivity contribution in [2.75, 3.05) is 38.7 Å². The van der Waals surface area contributed by atoms with Crippen molar-refractivity contribution in [3.8, 4) is 0 Å². The van der Waals surface area contributed by atoms with Gasteiger partial charge in [-0.2, -0.15) is 0 Å². The monoisotopic (exact) mass is 401 g/mol. The van der Waals surface area contributed by atoms with E-state index in [0.717, 1.165) is 19.0 Å². The molecule has 0 atom stereocenters. The number of likely N-dealkylation sites (tertiary alicyclic amines) is 1. The van der Waals surface area contributed by atoms with Gasteiger partial charge in [0.05, 0.1) is 5.75 Å². The van der Waals surface area contributed by atoms with Crippen molar-refractivity contribution in [2.24, 2.45) is 10.4 Å². The lowest BCUT2D eigenvalue weighted by molar-refractivity contribution is 0.151. The number of nitrogens with zero attached hydrogens (tertiary/aromatic N) is 2.